The maximum absolute atomic E-state index is 5.82. The Morgan fingerprint density at radius 1 is 0.731 bits per heavy atom. The molecule has 2 N–H and O–H groups in total. The third-order valence-electron chi connectivity index (χ3n) is 4.86. The van der Waals surface area contributed by atoms with E-state index in [9.17, 15) is 0 Å². The molecule has 0 spiro atoms. The molecule has 1 unspecified atom stereocenters. The number of ether oxygens (including phenoxy) is 1. The van der Waals surface area contributed by atoms with Gasteiger partial charge in [-0.2, -0.15) is 5.06 Å². The van der Waals surface area contributed by atoms with E-state index >= 15 is 0 Å². The summed E-state index contributed by atoms with van der Waals surface area (Å²) in [5, 5.41) is 1.99. The van der Waals surface area contributed by atoms with Gasteiger partial charge < -0.3 is 10.5 Å². The minimum Gasteiger partial charge on any atom is -0.351 e. The first-order valence-electron chi connectivity index (χ1n) is 11.5. The van der Waals surface area contributed by atoms with Crippen molar-refractivity contribution in [2.45, 2.75) is 117 Å². The highest BCUT2D eigenvalue weighted by atomic mass is 16.8. The Morgan fingerprint density at radius 3 is 1.77 bits per heavy atom. The van der Waals surface area contributed by atoms with Crippen LogP contribution in [0.15, 0.2) is 0 Å². The molecule has 0 rings (SSSR count). The van der Waals surface area contributed by atoms with Crippen molar-refractivity contribution >= 4 is 0 Å². The summed E-state index contributed by atoms with van der Waals surface area (Å²) in [6.07, 6.45) is 18.4. The zero-order chi connectivity index (χ0) is 19.3. The summed E-state index contributed by atoms with van der Waals surface area (Å²) in [7, 11) is 0. The standard InChI is InChI=1S/C22H48N2O2/c1-4-6-7-8-9-10-11-12-13-14-15-18-21-25-22(3)26-24(5-2)20-17-16-19-23/h22H,4-21,23H2,1-3H3. The molecule has 0 radical (unpaired) electrons. The zero-order valence-electron chi connectivity index (χ0n) is 18.1. The van der Waals surface area contributed by atoms with Gasteiger partial charge in [0.2, 0.25) is 0 Å². The van der Waals surface area contributed by atoms with E-state index in [2.05, 4.69) is 13.8 Å². The number of nitrogens with zero attached hydrogens (tertiary/aromatic N) is 1. The van der Waals surface area contributed by atoms with Crippen molar-refractivity contribution < 1.29 is 9.57 Å². The minimum atomic E-state index is -0.152. The van der Waals surface area contributed by atoms with Crippen LogP contribution >= 0.6 is 0 Å². The van der Waals surface area contributed by atoms with Gasteiger partial charge in [0, 0.05) is 19.7 Å². The topological polar surface area (TPSA) is 47.7 Å². The molecular weight excluding hydrogens is 324 g/mol. The Labute approximate surface area is 164 Å². The average Bonchev–Trinajstić information content (AvgIpc) is 2.64. The molecule has 0 saturated carbocycles. The molecule has 0 aromatic carbocycles. The Kier molecular flexibility index (Phi) is 21.0. The van der Waals surface area contributed by atoms with Gasteiger partial charge in [-0.1, -0.05) is 84.5 Å². The molecule has 26 heavy (non-hydrogen) atoms. The summed E-state index contributed by atoms with van der Waals surface area (Å²) < 4.78 is 5.78. The molecule has 0 amide bonds. The fraction of sp³-hybridized carbons (Fsp3) is 1.00. The quantitative estimate of drug-likeness (QED) is 0.151. The second-order valence-corrected chi connectivity index (χ2v) is 7.45. The van der Waals surface area contributed by atoms with Crippen molar-refractivity contribution in [1.82, 2.24) is 5.06 Å². The number of hydroxylamine groups is 2. The monoisotopic (exact) mass is 372 g/mol. The van der Waals surface area contributed by atoms with Crippen molar-refractivity contribution in [2.24, 2.45) is 5.73 Å². The highest BCUT2D eigenvalue weighted by Gasteiger charge is 2.08. The van der Waals surface area contributed by atoms with Crippen LogP contribution in [0, 0.1) is 0 Å². The Balaban J connectivity index is 3.32. The lowest BCUT2D eigenvalue weighted by Gasteiger charge is -2.24. The first-order valence-corrected chi connectivity index (χ1v) is 11.5. The van der Waals surface area contributed by atoms with Crippen molar-refractivity contribution in [1.29, 1.82) is 0 Å². The molecular formula is C22H48N2O2. The van der Waals surface area contributed by atoms with Gasteiger partial charge in [0.15, 0.2) is 6.29 Å². The number of rotatable bonds is 21. The van der Waals surface area contributed by atoms with Crippen molar-refractivity contribution in [2.75, 3.05) is 26.2 Å². The van der Waals surface area contributed by atoms with Crippen LogP contribution in [0.25, 0.3) is 0 Å². The maximum Gasteiger partial charge on any atom is 0.174 e. The summed E-state index contributed by atoms with van der Waals surface area (Å²) in [5.74, 6) is 0. The Morgan fingerprint density at radius 2 is 1.27 bits per heavy atom. The second kappa shape index (κ2) is 21.1. The number of nitrogens with two attached hydrogens (primary N) is 1. The van der Waals surface area contributed by atoms with Gasteiger partial charge in [-0.05, 0) is 32.7 Å². The maximum atomic E-state index is 5.82. The van der Waals surface area contributed by atoms with Gasteiger partial charge in [-0.3, -0.25) is 4.84 Å². The van der Waals surface area contributed by atoms with Crippen LogP contribution in [0.1, 0.15) is 111 Å². The van der Waals surface area contributed by atoms with Gasteiger partial charge >= 0.3 is 0 Å². The number of hydrogen-bond acceptors (Lipinski definition) is 4. The van der Waals surface area contributed by atoms with E-state index in [1.807, 2.05) is 12.0 Å². The molecule has 0 heterocycles. The molecule has 0 aromatic rings. The summed E-state index contributed by atoms with van der Waals surface area (Å²) in [4.78, 5) is 5.82. The highest BCUT2D eigenvalue weighted by Crippen LogP contribution is 2.12. The van der Waals surface area contributed by atoms with Crippen LogP contribution in [-0.2, 0) is 9.57 Å². The van der Waals surface area contributed by atoms with Crippen LogP contribution in [-0.4, -0.2) is 37.6 Å². The molecule has 0 aliphatic carbocycles. The normalized spacial score (nSPS) is 12.8. The van der Waals surface area contributed by atoms with E-state index in [4.69, 9.17) is 15.3 Å². The molecule has 0 saturated heterocycles. The molecule has 0 aliphatic rings. The third kappa shape index (κ3) is 18.6. The van der Waals surface area contributed by atoms with Gasteiger partial charge in [-0.15, -0.1) is 0 Å². The minimum absolute atomic E-state index is 0.152. The first-order chi connectivity index (χ1) is 12.7. The molecule has 4 nitrogen and oxygen atoms in total. The van der Waals surface area contributed by atoms with Crippen LogP contribution in [0.4, 0.5) is 0 Å². The summed E-state index contributed by atoms with van der Waals surface area (Å²) in [6, 6.07) is 0. The van der Waals surface area contributed by atoms with E-state index in [0.29, 0.717) is 0 Å². The van der Waals surface area contributed by atoms with Crippen LogP contribution in [0.2, 0.25) is 0 Å². The lowest BCUT2D eigenvalue weighted by atomic mass is 10.1. The SMILES string of the molecule is CCCCCCCCCCCCCCOC(C)ON(CC)CCCCN. The third-order valence-corrected chi connectivity index (χ3v) is 4.86. The fourth-order valence-electron chi connectivity index (χ4n) is 3.15. The Hall–Kier alpha value is -0.160. The molecule has 0 aromatic heterocycles. The summed E-state index contributed by atoms with van der Waals surface area (Å²) >= 11 is 0. The molecule has 0 aliphatic heterocycles. The van der Waals surface area contributed by atoms with E-state index in [-0.39, 0.29) is 6.29 Å². The van der Waals surface area contributed by atoms with E-state index < -0.39 is 0 Å². The lowest BCUT2D eigenvalue weighted by Crippen LogP contribution is -2.31. The number of hydrogen-bond donors (Lipinski definition) is 1. The zero-order valence-corrected chi connectivity index (χ0v) is 18.1. The Bertz CT molecular complexity index is 265. The predicted molar refractivity (Wildman–Crippen MR) is 113 cm³/mol. The van der Waals surface area contributed by atoms with Crippen LogP contribution in [0.5, 0.6) is 0 Å². The number of unbranched alkanes of at least 4 members (excludes halogenated alkanes) is 12. The predicted octanol–water partition coefficient (Wildman–Crippen LogP) is 6.04. The van der Waals surface area contributed by atoms with Gasteiger partial charge in [0.1, 0.15) is 0 Å². The molecule has 4 heteroatoms. The fourth-order valence-corrected chi connectivity index (χ4v) is 3.15. The van der Waals surface area contributed by atoms with Crippen molar-refractivity contribution in [3.8, 4) is 0 Å². The van der Waals surface area contributed by atoms with E-state index in [1.54, 1.807) is 0 Å². The molecule has 158 valence electrons. The van der Waals surface area contributed by atoms with E-state index in [1.165, 1.54) is 70.6 Å². The lowest BCUT2D eigenvalue weighted by molar-refractivity contribution is -0.272. The summed E-state index contributed by atoms with van der Waals surface area (Å²) in [6.45, 7) is 9.76. The second-order valence-electron chi connectivity index (χ2n) is 7.45. The molecule has 0 fully saturated rings. The average molecular weight is 373 g/mol. The van der Waals surface area contributed by atoms with Gasteiger partial charge in [-0.25, -0.2) is 0 Å². The van der Waals surface area contributed by atoms with Crippen LogP contribution in [0.3, 0.4) is 0 Å². The van der Waals surface area contributed by atoms with Gasteiger partial charge in [0.05, 0.1) is 0 Å². The molecule has 1 atom stereocenters. The van der Waals surface area contributed by atoms with Crippen molar-refractivity contribution in [3.05, 3.63) is 0 Å². The van der Waals surface area contributed by atoms with Crippen molar-refractivity contribution in [3.63, 3.8) is 0 Å². The van der Waals surface area contributed by atoms with E-state index in [0.717, 1.165) is 45.5 Å². The highest BCUT2D eigenvalue weighted by molar-refractivity contribution is 4.49. The summed E-state index contributed by atoms with van der Waals surface area (Å²) in [5.41, 5.74) is 5.54. The first kappa shape index (κ1) is 25.8. The van der Waals surface area contributed by atoms with Gasteiger partial charge in [0.25, 0.3) is 0 Å². The van der Waals surface area contributed by atoms with Crippen LogP contribution < -0.4 is 5.73 Å². The smallest absolute Gasteiger partial charge is 0.174 e. The largest absolute Gasteiger partial charge is 0.351 e. The molecule has 0 bridgehead atoms.